The topological polar surface area (TPSA) is 29.1 Å². The molecule has 2 nitrogen and oxygen atoms in total. The number of amides is 1. The first kappa shape index (κ1) is 15.4. The minimum absolute atomic E-state index is 0.184. The molecule has 4 rings (SSSR count). The van der Waals surface area contributed by atoms with Crippen molar-refractivity contribution in [2.24, 2.45) is 17.8 Å². The molecule has 0 saturated heterocycles. The summed E-state index contributed by atoms with van der Waals surface area (Å²) in [6, 6.07) is 17.0. The molecule has 1 N–H and O–H groups in total. The lowest BCUT2D eigenvalue weighted by molar-refractivity contribution is -0.135. The summed E-state index contributed by atoms with van der Waals surface area (Å²) in [7, 11) is 0. The lowest BCUT2D eigenvalue weighted by atomic mass is 9.48. The van der Waals surface area contributed by atoms with Crippen LogP contribution in [0.5, 0.6) is 0 Å². The fourth-order valence-corrected chi connectivity index (χ4v) is 4.89. The Bertz CT molecular complexity index is 740. The van der Waals surface area contributed by atoms with Crippen LogP contribution in [-0.4, -0.2) is 5.91 Å². The number of benzene rings is 2. The third-order valence-electron chi connectivity index (χ3n) is 6.06. The summed E-state index contributed by atoms with van der Waals surface area (Å²) in [5, 5.41) is 3.21. The first-order valence-corrected chi connectivity index (χ1v) is 9.08. The molecule has 2 aromatic carbocycles. The quantitative estimate of drug-likeness (QED) is 0.840. The largest absolute Gasteiger partial charge is 0.326 e. The second kappa shape index (κ2) is 6.08. The molecule has 1 amide bonds. The van der Waals surface area contributed by atoms with Crippen LogP contribution < -0.4 is 5.32 Å². The summed E-state index contributed by atoms with van der Waals surface area (Å²) in [5.41, 5.74) is 4.72. The Morgan fingerprint density at radius 2 is 1.71 bits per heavy atom. The van der Waals surface area contributed by atoms with Crippen LogP contribution in [0.2, 0.25) is 0 Å². The molecule has 24 heavy (non-hydrogen) atoms. The number of hydrogen-bond acceptors (Lipinski definition) is 1. The summed E-state index contributed by atoms with van der Waals surface area (Å²) < 4.78 is 0. The summed E-state index contributed by atoms with van der Waals surface area (Å²) in [6.45, 7) is 4.13. The van der Waals surface area contributed by atoms with Crippen molar-refractivity contribution in [2.45, 2.75) is 39.0 Å². The molecular formula is C22H25NO. The maximum absolute atomic E-state index is 12.9. The van der Waals surface area contributed by atoms with Crippen LogP contribution in [0.25, 0.3) is 0 Å². The highest BCUT2D eigenvalue weighted by Gasteiger charge is 2.55. The Morgan fingerprint density at radius 1 is 1.00 bits per heavy atom. The van der Waals surface area contributed by atoms with Gasteiger partial charge in [-0.15, -0.1) is 0 Å². The van der Waals surface area contributed by atoms with Gasteiger partial charge in [0, 0.05) is 11.6 Å². The maximum atomic E-state index is 12.9. The minimum Gasteiger partial charge on any atom is -0.326 e. The Hall–Kier alpha value is -2.09. The normalized spacial score (nSPS) is 28.1. The van der Waals surface area contributed by atoms with Gasteiger partial charge in [0.1, 0.15) is 0 Å². The van der Waals surface area contributed by atoms with Crippen LogP contribution in [0.4, 0.5) is 5.69 Å². The number of aryl methyl sites for hydroxylation is 2. The van der Waals surface area contributed by atoms with E-state index in [0.717, 1.165) is 11.3 Å². The van der Waals surface area contributed by atoms with E-state index in [1.165, 1.54) is 30.4 Å². The average molecular weight is 319 g/mol. The van der Waals surface area contributed by atoms with E-state index in [1.54, 1.807) is 0 Å². The summed E-state index contributed by atoms with van der Waals surface area (Å²) in [4.78, 5) is 12.9. The molecule has 0 spiro atoms. The highest BCUT2D eigenvalue weighted by Crippen LogP contribution is 2.60. The van der Waals surface area contributed by atoms with E-state index in [1.807, 2.05) is 0 Å². The molecule has 2 bridgehead atoms. The molecule has 0 aliphatic heterocycles. The Labute approximate surface area is 144 Å². The van der Waals surface area contributed by atoms with Crippen molar-refractivity contribution in [3.05, 3.63) is 65.2 Å². The minimum atomic E-state index is 0.184. The van der Waals surface area contributed by atoms with E-state index in [0.29, 0.717) is 17.8 Å². The van der Waals surface area contributed by atoms with Gasteiger partial charge in [-0.2, -0.15) is 0 Å². The van der Waals surface area contributed by atoms with E-state index in [-0.39, 0.29) is 11.8 Å². The van der Waals surface area contributed by atoms with Gasteiger partial charge in [-0.1, -0.05) is 48.9 Å². The van der Waals surface area contributed by atoms with Crippen molar-refractivity contribution in [3.8, 4) is 0 Å². The van der Waals surface area contributed by atoms with E-state index in [9.17, 15) is 4.79 Å². The first-order chi connectivity index (χ1) is 11.6. The van der Waals surface area contributed by atoms with E-state index in [2.05, 4.69) is 67.7 Å². The molecule has 2 aliphatic carbocycles. The number of fused-ring (bicyclic) bond motifs is 2. The van der Waals surface area contributed by atoms with Crippen molar-refractivity contribution >= 4 is 11.6 Å². The van der Waals surface area contributed by atoms with E-state index in [4.69, 9.17) is 0 Å². The number of carbonyl (C=O) groups is 1. The van der Waals surface area contributed by atoms with Gasteiger partial charge in [0.15, 0.2) is 0 Å². The molecule has 2 fully saturated rings. The first-order valence-electron chi connectivity index (χ1n) is 9.08. The average Bonchev–Trinajstić information content (AvgIpc) is 2.59. The highest BCUT2D eigenvalue weighted by molar-refractivity contribution is 5.94. The van der Waals surface area contributed by atoms with Gasteiger partial charge in [0.05, 0.1) is 0 Å². The van der Waals surface area contributed by atoms with Crippen molar-refractivity contribution in [1.29, 1.82) is 0 Å². The summed E-state index contributed by atoms with van der Waals surface area (Å²) in [6.07, 6.45) is 3.63. The molecule has 2 atom stereocenters. The van der Waals surface area contributed by atoms with Crippen LogP contribution in [0.15, 0.2) is 48.5 Å². The van der Waals surface area contributed by atoms with Gasteiger partial charge in [-0.3, -0.25) is 4.79 Å². The SMILES string of the molecule is Cc1ccc(C)c(NC(=O)C2[C@H]3CCC[C@H]2C3c2ccccc2)c1. The zero-order valence-electron chi connectivity index (χ0n) is 14.5. The van der Waals surface area contributed by atoms with Crippen molar-refractivity contribution in [3.63, 3.8) is 0 Å². The van der Waals surface area contributed by atoms with E-state index < -0.39 is 0 Å². The molecule has 0 unspecified atom stereocenters. The predicted molar refractivity (Wildman–Crippen MR) is 98.0 cm³/mol. The molecule has 2 saturated carbocycles. The number of nitrogens with one attached hydrogen (secondary N) is 1. The maximum Gasteiger partial charge on any atom is 0.228 e. The smallest absolute Gasteiger partial charge is 0.228 e. The monoisotopic (exact) mass is 319 g/mol. The van der Waals surface area contributed by atoms with Gasteiger partial charge < -0.3 is 5.32 Å². The third-order valence-corrected chi connectivity index (χ3v) is 6.06. The lowest BCUT2D eigenvalue weighted by Gasteiger charge is -2.55. The van der Waals surface area contributed by atoms with Crippen LogP contribution in [0.3, 0.4) is 0 Å². The fraction of sp³-hybridized carbons (Fsp3) is 0.409. The molecular weight excluding hydrogens is 294 g/mol. The Kier molecular flexibility index (Phi) is 3.91. The third kappa shape index (κ3) is 2.54. The molecule has 2 aromatic rings. The van der Waals surface area contributed by atoms with Crippen LogP contribution in [-0.2, 0) is 4.79 Å². The number of hydrogen-bond donors (Lipinski definition) is 1. The van der Waals surface area contributed by atoms with Crippen LogP contribution >= 0.6 is 0 Å². The van der Waals surface area contributed by atoms with E-state index >= 15 is 0 Å². The van der Waals surface area contributed by atoms with Crippen molar-refractivity contribution in [1.82, 2.24) is 0 Å². The van der Waals surface area contributed by atoms with Crippen LogP contribution in [0, 0.1) is 31.6 Å². The van der Waals surface area contributed by atoms with Crippen molar-refractivity contribution in [2.75, 3.05) is 5.32 Å². The van der Waals surface area contributed by atoms with Gasteiger partial charge >= 0.3 is 0 Å². The summed E-state index contributed by atoms with van der Waals surface area (Å²) >= 11 is 0. The second-order valence-corrected chi connectivity index (χ2v) is 7.53. The molecule has 0 heterocycles. The van der Waals surface area contributed by atoms with Gasteiger partial charge in [0.25, 0.3) is 0 Å². The zero-order chi connectivity index (χ0) is 16.7. The Balaban J connectivity index is 1.53. The number of anilines is 1. The lowest BCUT2D eigenvalue weighted by Crippen LogP contribution is -2.53. The predicted octanol–water partition coefficient (Wildman–Crippen LogP) is 5.07. The molecule has 0 radical (unpaired) electrons. The molecule has 2 aliphatic rings. The summed E-state index contributed by atoms with van der Waals surface area (Å²) in [5.74, 6) is 2.01. The van der Waals surface area contributed by atoms with Crippen molar-refractivity contribution < 1.29 is 4.79 Å². The van der Waals surface area contributed by atoms with Gasteiger partial charge in [-0.05, 0) is 67.2 Å². The fourth-order valence-electron chi connectivity index (χ4n) is 4.89. The second-order valence-electron chi connectivity index (χ2n) is 7.53. The van der Waals surface area contributed by atoms with Gasteiger partial charge in [-0.25, -0.2) is 0 Å². The number of rotatable bonds is 3. The van der Waals surface area contributed by atoms with Crippen LogP contribution in [0.1, 0.15) is 41.9 Å². The molecule has 124 valence electrons. The standard InChI is InChI=1S/C22H25NO/c1-14-11-12-15(2)19(13-14)23-22(24)21-17-9-6-10-18(21)20(17)16-7-4-3-5-8-16/h3-5,7-8,11-13,17-18,20-21H,6,9-10H2,1-2H3,(H,23,24)/t17-,18-,20?,21?/m0/s1. The molecule has 2 heteroatoms. The van der Waals surface area contributed by atoms with Gasteiger partial charge in [0.2, 0.25) is 5.91 Å². The zero-order valence-corrected chi connectivity index (χ0v) is 14.5. The Morgan fingerprint density at radius 3 is 2.42 bits per heavy atom. The number of carbonyl (C=O) groups excluding carboxylic acids is 1. The molecule has 0 aromatic heterocycles. The highest BCUT2D eigenvalue weighted by atomic mass is 16.2.